The first kappa shape index (κ1) is 19.4. The van der Waals surface area contributed by atoms with E-state index in [0.717, 1.165) is 35.9 Å². The summed E-state index contributed by atoms with van der Waals surface area (Å²) in [6, 6.07) is 4.14. The lowest BCUT2D eigenvalue weighted by Crippen LogP contribution is -2.40. The molecule has 0 unspecified atom stereocenters. The third-order valence-electron chi connectivity index (χ3n) is 4.45. The van der Waals surface area contributed by atoms with Crippen molar-refractivity contribution in [2.24, 2.45) is 5.92 Å². The summed E-state index contributed by atoms with van der Waals surface area (Å²) in [5.41, 5.74) is 0.123. The highest BCUT2D eigenvalue weighted by Crippen LogP contribution is 2.33. The second kappa shape index (κ2) is 8.10. The van der Waals surface area contributed by atoms with E-state index < -0.39 is 16.1 Å². The van der Waals surface area contributed by atoms with Gasteiger partial charge in [-0.2, -0.15) is 0 Å². The van der Waals surface area contributed by atoms with Crippen molar-refractivity contribution in [3.8, 4) is 0 Å². The number of nitrogens with one attached hydrogen (secondary N) is 1. The van der Waals surface area contributed by atoms with Crippen molar-refractivity contribution in [2.75, 3.05) is 13.1 Å². The molecule has 1 heterocycles. The lowest BCUT2D eigenvalue weighted by atomic mass is 9.85. The van der Waals surface area contributed by atoms with Crippen LogP contribution in [-0.2, 0) is 9.59 Å². The maximum absolute atomic E-state index is 12.4. The van der Waals surface area contributed by atoms with Crippen molar-refractivity contribution in [3.63, 3.8) is 0 Å². The summed E-state index contributed by atoms with van der Waals surface area (Å²) in [6.07, 6.45) is 4.22. The van der Waals surface area contributed by atoms with Gasteiger partial charge in [-0.05, 0) is 42.3 Å². The molecule has 27 heavy (non-hydrogen) atoms. The number of nitrogens with zero attached hydrogens (tertiary/aromatic N) is 2. The van der Waals surface area contributed by atoms with Gasteiger partial charge in [0.05, 0.1) is 9.83 Å². The third kappa shape index (κ3) is 4.30. The second-order valence-electron chi connectivity index (χ2n) is 6.22. The van der Waals surface area contributed by atoms with Crippen LogP contribution in [0.2, 0.25) is 5.02 Å². The minimum Gasteiger partial charge on any atom is -0.354 e. The molecule has 1 aromatic carbocycles. The Morgan fingerprint density at radius 2 is 2.15 bits per heavy atom. The van der Waals surface area contributed by atoms with Crippen LogP contribution in [0, 0.1) is 16.0 Å². The van der Waals surface area contributed by atoms with Crippen LogP contribution in [0.3, 0.4) is 0 Å². The average Bonchev–Trinajstić information content (AvgIpc) is 2.82. The van der Waals surface area contributed by atoms with Gasteiger partial charge in [-0.3, -0.25) is 29.4 Å². The van der Waals surface area contributed by atoms with Gasteiger partial charge in [0, 0.05) is 25.1 Å². The van der Waals surface area contributed by atoms with Gasteiger partial charge in [0.2, 0.25) is 5.91 Å². The number of halogens is 1. The Morgan fingerprint density at radius 3 is 2.78 bits per heavy atom. The average molecular weight is 410 g/mol. The first-order valence-electron chi connectivity index (χ1n) is 8.34. The second-order valence-corrected chi connectivity index (χ2v) is 7.62. The maximum Gasteiger partial charge on any atom is 0.293 e. The third-order valence-corrected chi connectivity index (χ3v) is 5.68. The Labute approximate surface area is 164 Å². The van der Waals surface area contributed by atoms with E-state index in [1.54, 1.807) is 0 Å². The lowest BCUT2D eigenvalue weighted by molar-refractivity contribution is -0.384. The van der Waals surface area contributed by atoms with Crippen molar-refractivity contribution in [1.82, 2.24) is 10.2 Å². The zero-order chi connectivity index (χ0) is 19.6. The molecule has 2 fully saturated rings. The van der Waals surface area contributed by atoms with Gasteiger partial charge in [0.25, 0.3) is 16.8 Å². The molecule has 0 aromatic heterocycles. The van der Waals surface area contributed by atoms with Crippen LogP contribution in [0.5, 0.6) is 0 Å². The van der Waals surface area contributed by atoms with Crippen molar-refractivity contribution in [3.05, 3.63) is 43.8 Å². The van der Waals surface area contributed by atoms with Crippen LogP contribution >= 0.6 is 23.4 Å². The van der Waals surface area contributed by atoms with Crippen LogP contribution in [-0.4, -0.2) is 40.0 Å². The Bertz CT molecular complexity index is 853. The zero-order valence-corrected chi connectivity index (χ0v) is 15.7. The molecule has 10 heteroatoms. The molecule has 1 aromatic rings. The molecule has 142 valence electrons. The van der Waals surface area contributed by atoms with Gasteiger partial charge < -0.3 is 5.32 Å². The fourth-order valence-electron chi connectivity index (χ4n) is 2.71. The van der Waals surface area contributed by atoms with E-state index in [-0.39, 0.29) is 40.5 Å². The number of amides is 3. The number of carbonyl (C=O) groups is 3. The summed E-state index contributed by atoms with van der Waals surface area (Å²) in [5, 5.41) is 13.3. The zero-order valence-electron chi connectivity index (χ0n) is 14.1. The van der Waals surface area contributed by atoms with Crippen molar-refractivity contribution >= 4 is 52.2 Å². The SMILES string of the molecule is O=C(NCCN1C(=O)S/C(=C\c2ccc(Cl)c([N+](=O)[O-])c2)C1=O)C1CCC1. The summed E-state index contributed by atoms with van der Waals surface area (Å²) in [6.45, 7) is 0.286. The topological polar surface area (TPSA) is 110 Å². The molecule has 1 aliphatic carbocycles. The number of benzene rings is 1. The molecule has 1 saturated heterocycles. The summed E-state index contributed by atoms with van der Waals surface area (Å²) >= 11 is 6.53. The molecule has 0 bridgehead atoms. The number of thioether (sulfide) groups is 1. The molecular weight excluding hydrogens is 394 g/mol. The van der Waals surface area contributed by atoms with E-state index in [0.29, 0.717) is 5.56 Å². The summed E-state index contributed by atoms with van der Waals surface area (Å²) in [7, 11) is 0. The van der Waals surface area contributed by atoms with Gasteiger partial charge in [-0.25, -0.2) is 0 Å². The largest absolute Gasteiger partial charge is 0.354 e. The van der Waals surface area contributed by atoms with Gasteiger partial charge in [-0.1, -0.05) is 24.1 Å². The predicted octanol–water partition coefficient (Wildman–Crippen LogP) is 3.20. The molecule has 1 aliphatic heterocycles. The molecule has 8 nitrogen and oxygen atoms in total. The molecule has 1 N–H and O–H groups in total. The minimum absolute atomic E-state index is 0.00698. The summed E-state index contributed by atoms with van der Waals surface area (Å²) in [4.78, 5) is 47.9. The predicted molar refractivity (Wildman–Crippen MR) is 101 cm³/mol. The quantitative estimate of drug-likeness (QED) is 0.439. The van der Waals surface area contributed by atoms with Gasteiger partial charge in [0.15, 0.2) is 0 Å². The van der Waals surface area contributed by atoms with E-state index >= 15 is 0 Å². The molecule has 0 spiro atoms. The summed E-state index contributed by atoms with van der Waals surface area (Å²) in [5.74, 6) is -0.488. The van der Waals surface area contributed by atoms with Gasteiger partial charge in [0.1, 0.15) is 5.02 Å². The van der Waals surface area contributed by atoms with E-state index in [1.165, 1.54) is 24.3 Å². The van der Waals surface area contributed by atoms with Crippen molar-refractivity contribution < 1.29 is 19.3 Å². The van der Waals surface area contributed by atoms with Crippen LogP contribution in [0.4, 0.5) is 10.5 Å². The molecule has 0 radical (unpaired) electrons. The monoisotopic (exact) mass is 409 g/mol. The van der Waals surface area contributed by atoms with E-state index in [1.807, 2.05) is 0 Å². The highest BCUT2D eigenvalue weighted by molar-refractivity contribution is 8.18. The molecular formula is C17H16ClN3O5S. The number of rotatable bonds is 6. The fourth-order valence-corrected chi connectivity index (χ4v) is 3.76. The van der Waals surface area contributed by atoms with E-state index in [9.17, 15) is 24.5 Å². The van der Waals surface area contributed by atoms with E-state index in [2.05, 4.69) is 5.32 Å². The fraction of sp³-hybridized carbons (Fsp3) is 0.353. The smallest absolute Gasteiger partial charge is 0.293 e. The minimum atomic E-state index is -0.615. The highest BCUT2D eigenvalue weighted by Gasteiger charge is 2.35. The first-order chi connectivity index (χ1) is 12.9. The lowest BCUT2D eigenvalue weighted by Gasteiger charge is -2.24. The number of carbonyl (C=O) groups excluding carboxylic acids is 3. The molecule has 3 amide bonds. The first-order valence-corrected chi connectivity index (χ1v) is 9.53. The number of nitro groups is 1. The highest BCUT2D eigenvalue weighted by atomic mass is 35.5. The van der Waals surface area contributed by atoms with Gasteiger partial charge in [-0.15, -0.1) is 0 Å². The van der Waals surface area contributed by atoms with Crippen LogP contribution in [0.25, 0.3) is 6.08 Å². The Kier molecular flexibility index (Phi) is 5.81. The van der Waals surface area contributed by atoms with E-state index in [4.69, 9.17) is 11.6 Å². The normalized spacial score (nSPS) is 18.7. The molecule has 2 aliphatic rings. The van der Waals surface area contributed by atoms with Crippen LogP contribution in [0.1, 0.15) is 24.8 Å². The van der Waals surface area contributed by atoms with Crippen LogP contribution < -0.4 is 5.32 Å². The maximum atomic E-state index is 12.4. The standard InChI is InChI=1S/C17H16ClN3O5S/c18-12-5-4-10(8-13(12)21(25)26)9-14-16(23)20(17(24)27-14)7-6-19-15(22)11-2-1-3-11/h4-5,8-9,11H,1-3,6-7H2,(H,19,22)/b14-9-. The van der Waals surface area contributed by atoms with Gasteiger partial charge >= 0.3 is 0 Å². The number of nitro benzene ring substituents is 1. The Morgan fingerprint density at radius 1 is 1.41 bits per heavy atom. The number of imide groups is 1. The Hall–Kier alpha value is -2.39. The summed E-state index contributed by atoms with van der Waals surface area (Å²) < 4.78 is 0. The molecule has 1 saturated carbocycles. The number of hydrogen-bond acceptors (Lipinski definition) is 6. The number of hydrogen-bond donors (Lipinski definition) is 1. The van der Waals surface area contributed by atoms with Crippen molar-refractivity contribution in [2.45, 2.75) is 19.3 Å². The Balaban J connectivity index is 1.64. The van der Waals surface area contributed by atoms with Crippen molar-refractivity contribution in [1.29, 1.82) is 0 Å². The van der Waals surface area contributed by atoms with Crippen LogP contribution in [0.15, 0.2) is 23.1 Å². The molecule has 0 atom stereocenters. The molecule has 3 rings (SSSR count).